The SMILES string of the molecule is CC(C)C(C)(C)C1(CNC(=O)c2ccccc2)CCCC1. The van der Waals surface area contributed by atoms with Crippen LogP contribution in [0.5, 0.6) is 0 Å². The third-order valence-corrected chi connectivity index (χ3v) is 5.99. The number of hydrogen-bond donors (Lipinski definition) is 1. The summed E-state index contributed by atoms with van der Waals surface area (Å²) in [6.45, 7) is 10.2. The molecule has 0 unspecified atom stereocenters. The number of carbonyl (C=O) groups excluding carboxylic acids is 1. The lowest BCUT2D eigenvalue weighted by atomic mass is 9.59. The molecule has 0 atom stereocenters. The topological polar surface area (TPSA) is 29.1 Å². The summed E-state index contributed by atoms with van der Waals surface area (Å²) in [5, 5.41) is 3.20. The van der Waals surface area contributed by atoms with E-state index in [1.165, 1.54) is 25.7 Å². The molecule has 1 aliphatic rings. The lowest BCUT2D eigenvalue weighted by Gasteiger charge is -2.47. The number of hydrogen-bond acceptors (Lipinski definition) is 1. The van der Waals surface area contributed by atoms with Crippen LogP contribution in [0.2, 0.25) is 0 Å². The Balaban J connectivity index is 2.10. The fourth-order valence-corrected chi connectivity index (χ4v) is 3.65. The van der Waals surface area contributed by atoms with Crippen LogP contribution in [0.15, 0.2) is 30.3 Å². The number of rotatable bonds is 5. The molecule has 1 aliphatic carbocycles. The number of carbonyl (C=O) groups is 1. The maximum absolute atomic E-state index is 12.3. The first-order valence-electron chi connectivity index (χ1n) is 8.22. The predicted molar refractivity (Wildman–Crippen MR) is 88.3 cm³/mol. The molecule has 0 aliphatic heterocycles. The van der Waals surface area contributed by atoms with E-state index in [0.29, 0.717) is 5.92 Å². The summed E-state index contributed by atoms with van der Waals surface area (Å²) in [5.74, 6) is 0.672. The fraction of sp³-hybridized carbons (Fsp3) is 0.632. The Morgan fingerprint density at radius 3 is 2.29 bits per heavy atom. The maximum Gasteiger partial charge on any atom is 0.251 e. The summed E-state index contributed by atoms with van der Waals surface area (Å²) in [5.41, 5.74) is 1.24. The van der Waals surface area contributed by atoms with E-state index < -0.39 is 0 Å². The Labute approximate surface area is 129 Å². The minimum absolute atomic E-state index is 0.0569. The van der Waals surface area contributed by atoms with E-state index in [2.05, 4.69) is 33.0 Å². The molecular formula is C19H29NO. The molecule has 1 fully saturated rings. The summed E-state index contributed by atoms with van der Waals surface area (Å²) in [6.07, 6.45) is 5.04. The highest BCUT2D eigenvalue weighted by Crippen LogP contribution is 2.54. The molecule has 0 saturated heterocycles. The number of benzene rings is 1. The van der Waals surface area contributed by atoms with E-state index in [9.17, 15) is 4.79 Å². The van der Waals surface area contributed by atoms with Gasteiger partial charge in [0.1, 0.15) is 0 Å². The van der Waals surface area contributed by atoms with Crippen molar-refractivity contribution in [3.05, 3.63) is 35.9 Å². The van der Waals surface area contributed by atoms with Crippen LogP contribution in [0.25, 0.3) is 0 Å². The molecule has 0 heterocycles. The smallest absolute Gasteiger partial charge is 0.251 e. The summed E-state index contributed by atoms with van der Waals surface area (Å²) in [7, 11) is 0. The molecule has 1 aromatic carbocycles. The molecule has 21 heavy (non-hydrogen) atoms. The molecule has 2 rings (SSSR count). The van der Waals surface area contributed by atoms with Gasteiger partial charge in [0, 0.05) is 12.1 Å². The number of amides is 1. The monoisotopic (exact) mass is 287 g/mol. The second kappa shape index (κ2) is 6.21. The summed E-state index contributed by atoms with van der Waals surface area (Å²) in [6, 6.07) is 9.53. The summed E-state index contributed by atoms with van der Waals surface area (Å²) < 4.78 is 0. The molecule has 0 bridgehead atoms. The average molecular weight is 287 g/mol. The van der Waals surface area contributed by atoms with Crippen molar-refractivity contribution < 1.29 is 4.79 Å². The van der Waals surface area contributed by atoms with Gasteiger partial charge in [-0.2, -0.15) is 0 Å². The van der Waals surface area contributed by atoms with Crippen LogP contribution in [-0.2, 0) is 0 Å². The van der Waals surface area contributed by atoms with Crippen molar-refractivity contribution in [2.75, 3.05) is 6.54 Å². The molecule has 2 heteroatoms. The zero-order valence-corrected chi connectivity index (χ0v) is 13.9. The van der Waals surface area contributed by atoms with Gasteiger partial charge in [0.25, 0.3) is 5.91 Å². The Hall–Kier alpha value is -1.31. The zero-order valence-electron chi connectivity index (χ0n) is 13.9. The molecule has 2 nitrogen and oxygen atoms in total. The van der Waals surface area contributed by atoms with E-state index in [-0.39, 0.29) is 16.7 Å². The van der Waals surface area contributed by atoms with Crippen molar-refractivity contribution in [1.29, 1.82) is 0 Å². The molecule has 0 aromatic heterocycles. The highest BCUT2D eigenvalue weighted by Gasteiger charge is 2.48. The van der Waals surface area contributed by atoms with Crippen LogP contribution in [0.4, 0.5) is 0 Å². The summed E-state index contributed by atoms with van der Waals surface area (Å²) in [4.78, 5) is 12.3. The third kappa shape index (κ3) is 3.14. The molecule has 1 aromatic rings. The van der Waals surface area contributed by atoms with Crippen LogP contribution in [0.3, 0.4) is 0 Å². The Bertz CT molecular complexity index is 470. The van der Waals surface area contributed by atoms with Crippen molar-refractivity contribution >= 4 is 5.91 Å². The second-order valence-corrected chi connectivity index (χ2v) is 7.41. The van der Waals surface area contributed by atoms with Crippen LogP contribution in [0, 0.1) is 16.7 Å². The zero-order chi connectivity index (χ0) is 15.5. The van der Waals surface area contributed by atoms with Gasteiger partial charge in [-0.3, -0.25) is 4.79 Å². The highest BCUT2D eigenvalue weighted by molar-refractivity contribution is 5.94. The van der Waals surface area contributed by atoms with E-state index in [0.717, 1.165) is 12.1 Å². The van der Waals surface area contributed by atoms with Crippen molar-refractivity contribution in [3.8, 4) is 0 Å². The Morgan fingerprint density at radius 2 is 1.76 bits per heavy atom. The number of nitrogens with one attached hydrogen (secondary N) is 1. The molecule has 0 radical (unpaired) electrons. The van der Waals surface area contributed by atoms with Gasteiger partial charge >= 0.3 is 0 Å². The van der Waals surface area contributed by atoms with E-state index in [1.807, 2.05) is 30.3 Å². The second-order valence-electron chi connectivity index (χ2n) is 7.41. The Morgan fingerprint density at radius 1 is 1.19 bits per heavy atom. The van der Waals surface area contributed by atoms with Crippen molar-refractivity contribution in [1.82, 2.24) is 5.32 Å². The van der Waals surface area contributed by atoms with Crippen LogP contribution >= 0.6 is 0 Å². The van der Waals surface area contributed by atoms with Gasteiger partial charge in [0.15, 0.2) is 0 Å². The largest absolute Gasteiger partial charge is 0.351 e. The van der Waals surface area contributed by atoms with Gasteiger partial charge in [-0.1, -0.05) is 58.7 Å². The minimum Gasteiger partial charge on any atom is -0.351 e. The van der Waals surface area contributed by atoms with Gasteiger partial charge < -0.3 is 5.32 Å². The van der Waals surface area contributed by atoms with E-state index in [4.69, 9.17) is 0 Å². The average Bonchev–Trinajstić information content (AvgIpc) is 2.96. The van der Waals surface area contributed by atoms with Gasteiger partial charge in [0.2, 0.25) is 0 Å². The van der Waals surface area contributed by atoms with Crippen molar-refractivity contribution in [3.63, 3.8) is 0 Å². The maximum atomic E-state index is 12.3. The van der Waals surface area contributed by atoms with Gasteiger partial charge in [-0.15, -0.1) is 0 Å². The molecule has 116 valence electrons. The van der Waals surface area contributed by atoms with Gasteiger partial charge in [-0.05, 0) is 41.7 Å². The predicted octanol–water partition coefficient (Wildman–Crippen LogP) is 4.66. The Kier molecular flexibility index (Phi) is 4.75. The quantitative estimate of drug-likeness (QED) is 0.838. The lowest BCUT2D eigenvalue weighted by molar-refractivity contribution is 0.0267. The minimum atomic E-state index is 0.0569. The first kappa shape index (κ1) is 16.1. The van der Waals surface area contributed by atoms with Crippen LogP contribution < -0.4 is 5.32 Å². The first-order valence-corrected chi connectivity index (χ1v) is 8.22. The first-order chi connectivity index (χ1) is 9.89. The molecule has 1 amide bonds. The van der Waals surface area contributed by atoms with Crippen LogP contribution in [-0.4, -0.2) is 12.5 Å². The summed E-state index contributed by atoms with van der Waals surface area (Å²) >= 11 is 0. The van der Waals surface area contributed by atoms with E-state index in [1.54, 1.807) is 0 Å². The normalized spacial score (nSPS) is 18.0. The highest BCUT2D eigenvalue weighted by atomic mass is 16.1. The van der Waals surface area contributed by atoms with Gasteiger partial charge in [-0.25, -0.2) is 0 Å². The molecule has 1 saturated carbocycles. The lowest BCUT2D eigenvalue weighted by Crippen LogP contribution is -2.47. The molecule has 1 N–H and O–H groups in total. The van der Waals surface area contributed by atoms with Crippen molar-refractivity contribution in [2.24, 2.45) is 16.7 Å². The third-order valence-electron chi connectivity index (χ3n) is 5.99. The fourth-order valence-electron chi connectivity index (χ4n) is 3.65. The van der Waals surface area contributed by atoms with Crippen molar-refractivity contribution in [2.45, 2.75) is 53.4 Å². The van der Waals surface area contributed by atoms with Crippen LogP contribution in [0.1, 0.15) is 63.7 Å². The molecular weight excluding hydrogens is 258 g/mol. The standard InChI is InChI=1S/C19H29NO/c1-15(2)18(3,4)19(12-8-9-13-19)14-20-17(21)16-10-6-5-7-11-16/h5-7,10-11,15H,8-9,12-14H2,1-4H3,(H,20,21). The van der Waals surface area contributed by atoms with Gasteiger partial charge in [0.05, 0.1) is 0 Å². The van der Waals surface area contributed by atoms with E-state index >= 15 is 0 Å². The molecule has 0 spiro atoms.